The minimum Gasteiger partial charge on any atom is -0.346 e. The normalized spacial score (nSPS) is 16.8. The summed E-state index contributed by atoms with van der Waals surface area (Å²) in [5.41, 5.74) is 4.10. The van der Waals surface area contributed by atoms with Crippen LogP contribution in [-0.2, 0) is 7.05 Å². The molecule has 0 amide bonds. The van der Waals surface area contributed by atoms with Gasteiger partial charge in [-0.2, -0.15) is 0 Å². The molecular weight excluding hydrogens is 348 g/mol. The Bertz CT molecular complexity index is 1130. The quantitative estimate of drug-likeness (QED) is 0.544. The van der Waals surface area contributed by atoms with Gasteiger partial charge in [-0.1, -0.05) is 12.1 Å². The van der Waals surface area contributed by atoms with Crippen LogP contribution >= 0.6 is 0 Å². The van der Waals surface area contributed by atoms with Crippen molar-refractivity contribution >= 4 is 16.9 Å². The highest BCUT2D eigenvalue weighted by atomic mass is 15.3. The Labute approximate surface area is 163 Å². The Balaban J connectivity index is 1.57. The largest absolute Gasteiger partial charge is 0.346 e. The summed E-state index contributed by atoms with van der Waals surface area (Å²) >= 11 is 0. The van der Waals surface area contributed by atoms with Gasteiger partial charge in [-0.15, -0.1) is 0 Å². The summed E-state index contributed by atoms with van der Waals surface area (Å²) in [6, 6.07) is 14.5. The second kappa shape index (κ2) is 6.71. The molecule has 3 aromatic heterocycles. The topological polar surface area (TPSA) is 59.7 Å². The van der Waals surface area contributed by atoms with Crippen LogP contribution in [0.4, 0.5) is 5.82 Å². The van der Waals surface area contributed by atoms with Crippen LogP contribution in [-0.4, -0.2) is 31.0 Å². The van der Waals surface area contributed by atoms with Crippen molar-refractivity contribution in [2.75, 3.05) is 11.4 Å². The van der Waals surface area contributed by atoms with E-state index in [1.54, 1.807) is 6.20 Å². The Kier molecular flexibility index (Phi) is 4.04. The van der Waals surface area contributed by atoms with Gasteiger partial charge in [-0.05, 0) is 44.0 Å². The number of pyridine rings is 1. The molecule has 4 aromatic rings. The molecule has 0 radical (unpaired) electrons. The molecule has 0 saturated carbocycles. The number of anilines is 1. The smallest absolute Gasteiger partial charge is 0.163 e. The third-order valence-electron chi connectivity index (χ3n) is 5.43. The molecule has 6 nitrogen and oxygen atoms in total. The van der Waals surface area contributed by atoms with Crippen molar-refractivity contribution in [3.8, 4) is 11.4 Å². The van der Waals surface area contributed by atoms with Crippen LogP contribution in [0.15, 0.2) is 54.9 Å². The van der Waals surface area contributed by atoms with Gasteiger partial charge >= 0.3 is 0 Å². The molecule has 1 aliphatic heterocycles. The zero-order valence-electron chi connectivity index (χ0n) is 16.1. The number of fused-ring (bicyclic) bond motifs is 1. The molecule has 6 heteroatoms. The van der Waals surface area contributed by atoms with Gasteiger partial charge in [-0.3, -0.25) is 4.98 Å². The third-order valence-corrected chi connectivity index (χ3v) is 5.43. The zero-order chi connectivity index (χ0) is 19.1. The molecule has 0 N–H and O–H groups in total. The lowest BCUT2D eigenvalue weighted by Gasteiger charge is -2.26. The number of imidazole rings is 1. The van der Waals surface area contributed by atoms with E-state index in [2.05, 4.69) is 50.7 Å². The van der Waals surface area contributed by atoms with Gasteiger partial charge in [0.25, 0.3) is 0 Å². The number of aromatic nitrogens is 5. The van der Waals surface area contributed by atoms with Crippen molar-refractivity contribution in [1.82, 2.24) is 24.5 Å². The molecule has 0 aliphatic carbocycles. The average molecular weight is 370 g/mol. The molecule has 0 spiro atoms. The molecule has 1 aliphatic rings. The third kappa shape index (κ3) is 2.81. The Morgan fingerprint density at radius 2 is 1.93 bits per heavy atom. The highest BCUT2D eigenvalue weighted by Gasteiger charge is 2.31. The van der Waals surface area contributed by atoms with E-state index in [0.717, 1.165) is 53.6 Å². The Hall–Kier alpha value is -3.28. The summed E-state index contributed by atoms with van der Waals surface area (Å²) < 4.78 is 2.22. The number of benzene rings is 1. The number of aryl methyl sites for hydroxylation is 2. The first-order chi connectivity index (χ1) is 13.7. The van der Waals surface area contributed by atoms with E-state index in [-0.39, 0.29) is 6.04 Å². The number of rotatable bonds is 3. The standard InChI is InChI=1S/C22H22N6/c1-15-13-20(26-21(24-15)16-7-5-11-23-14-16)28-12-6-10-19(28)22-25-17-8-3-4-9-18(17)27(22)2/h3-5,7-9,11,13-14,19H,6,10,12H2,1-2H3/t19-/m1/s1. The Morgan fingerprint density at radius 3 is 2.75 bits per heavy atom. The fourth-order valence-electron chi connectivity index (χ4n) is 4.09. The van der Waals surface area contributed by atoms with E-state index < -0.39 is 0 Å². The summed E-state index contributed by atoms with van der Waals surface area (Å²) in [5.74, 6) is 2.78. The maximum atomic E-state index is 4.94. The van der Waals surface area contributed by atoms with E-state index in [1.807, 2.05) is 31.3 Å². The van der Waals surface area contributed by atoms with Crippen LogP contribution in [0.3, 0.4) is 0 Å². The maximum Gasteiger partial charge on any atom is 0.163 e. The molecule has 0 unspecified atom stereocenters. The fraction of sp³-hybridized carbons (Fsp3) is 0.273. The summed E-state index contributed by atoms with van der Waals surface area (Å²) in [4.78, 5) is 21.0. The second-order valence-corrected chi connectivity index (χ2v) is 7.30. The fourth-order valence-corrected chi connectivity index (χ4v) is 4.09. The second-order valence-electron chi connectivity index (χ2n) is 7.30. The highest BCUT2D eigenvalue weighted by Crippen LogP contribution is 2.36. The van der Waals surface area contributed by atoms with Crippen molar-refractivity contribution < 1.29 is 0 Å². The molecule has 4 heterocycles. The average Bonchev–Trinajstić information content (AvgIpc) is 3.33. The molecule has 1 aromatic carbocycles. The predicted octanol–water partition coefficient (Wildman–Crippen LogP) is 4.08. The molecule has 1 fully saturated rings. The highest BCUT2D eigenvalue weighted by molar-refractivity contribution is 5.76. The van der Waals surface area contributed by atoms with Crippen molar-refractivity contribution in [2.24, 2.45) is 7.05 Å². The molecule has 140 valence electrons. The van der Waals surface area contributed by atoms with Gasteiger partial charge in [0.2, 0.25) is 0 Å². The molecule has 1 atom stereocenters. The van der Waals surface area contributed by atoms with E-state index >= 15 is 0 Å². The monoisotopic (exact) mass is 370 g/mol. The molecule has 0 bridgehead atoms. The summed E-state index contributed by atoms with van der Waals surface area (Å²) in [6.07, 6.45) is 5.77. The van der Waals surface area contributed by atoms with Gasteiger partial charge in [0.1, 0.15) is 11.6 Å². The van der Waals surface area contributed by atoms with Crippen molar-refractivity contribution in [1.29, 1.82) is 0 Å². The van der Waals surface area contributed by atoms with E-state index in [0.29, 0.717) is 0 Å². The summed E-state index contributed by atoms with van der Waals surface area (Å²) in [6.45, 7) is 2.99. The summed E-state index contributed by atoms with van der Waals surface area (Å²) in [7, 11) is 2.10. The lowest BCUT2D eigenvalue weighted by molar-refractivity contribution is 0.633. The number of hydrogen-bond donors (Lipinski definition) is 0. The van der Waals surface area contributed by atoms with Crippen LogP contribution in [0.2, 0.25) is 0 Å². The van der Waals surface area contributed by atoms with Gasteiger partial charge in [0.15, 0.2) is 5.82 Å². The first kappa shape index (κ1) is 16.9. The van der Waals surface area contributed by atoms with Gasteiger partial charge in [0.05, 0.1) is 17.1 Å². The van der Waals surface area contributed by atoms with Crippen LogP contribution in [0.1, 0.15) is 30.4 Å². The maximum absolute atomic E-state index is 4.94. The Morgan fingerprint density at radius 1 is 1.04 bits per heavy atom. The molecular formula is C22H22N6. The SMILES string of the molecule is Cc1cc(N2CCC[C@@H]2c2nc3ccccc3n2C)nc(-c2cccnc2)n1. The zero-order valence-corrected chi connectivity index (χ0v) is 16.1. The first-order valence-electron chi connectivity index (χ1n) is 9.65. The number of nitrogens with zero attached hydrogens (tertiary/aromatic N) is 6. The predicted molar refractivity (Wildman–Crippen MR) is 110 cm³/mol. The van der Waals surface area contributed by atoms with Crippen LogP contribution in [0.25, 0.3) is 22.4 Å². The molecule has 5 rings (SSSR count). The lowest BCUT2D eigenvalue weighted by atomic mass is 10.2. The van der Waals surface area contributed by atoms with Crippen molar-refractivity contribution in [3.05, 3.63) is 66.4 Å². The van der Waals surface area contributed by atoms with Gasteiger partial charge in [0, 0.05) is 43.3 Å². The minimum absolute atomic E-state index is 0.216. The summed E-state index contributed by atoms with van der Waals surface area (Å²) in [5, 5.41) is 0. The van der Waals surface area contributed by atoms with Crippen LogP contribution < -0.4 is 4.90 Å². The van der Waals surface area contributed by atoms with E-state index in [1.165, 1.54) is 5.52 Å². The van der Waals surface area contributed by atoms with Crippen LogP contribution in [0, 0.1) is 6.92 Å². The lowest BCUT2D eigenvalue weighted by Crippen LogP contribution is -2.26. The first-order valence-corrected chi connectivity index (χ1v) is 9.65. The van der Waals surface area contributed by atoms with Crippen LogP contribution in [0.5, 0.6) is 0 Å². The molecule has 28 heavy (non-hydrogen) atoms. The van der Waals surface area contributed by atoms with Gasteiger partial charge in [-0.25, -0.2) is 15.0 Å². The number of para-hydroxylation sites is 2. The van der Waals surface area contributed by atoms with Gasteiger partial charge < -0.3 is 9.47 Å². The minimum atomic E-state index is 0.216. The molecule has 1 saturated heterocycles. The van der Waals surface area contributed by atoms with Crippen molar-refractivity contribution in [2.45, 2.75) is 25.8 Å². The number of hydrogen-bond acceptors (Lipinski definition) is 5. The van der Waals surface area contributed by atoms with Crippen molar-refractivity contribution in [3.63, 3.8) is 0 Å². The van der Waals surface area contributed by atoms with E-state index in [4.69, 9.17) is 9.97 Å². The van der Waals surface area contributed by atoms with E-state index in [9.17, 15) is 0 Å².